The lowest BCUT2D eigenvalue weighted by atomic mass is 10.1. The molecule has 0 atom stereocenters. The third kappa shape index (κ3) is 1.79. The first-order valence-electron chi connectivity index (χ1n) is 4.22. The summed E-state index contributed by atoms with van der Waals surface area (Å²) in [6.45, 7) is 0. The lowest BCUT2D eigenvalue weighted by Crippen LogP contribution is -2.16. The molecule has 14 heavy (non-hydrogen) atoms. The van der Waals surface area contributed by atoms with E-state index < -0.39 is 0 Å². The third-order valence-electron chi connectivity index (χ3n) is 1.92. The zero-order chi connectivity index (χ0) is 10.7. The summed E-state index contributed by atoms with van der Waals surface area (Å²) < 4.78 is 4.66. The number of nitrogens with zero attached hydrogens (tertiary/aromatic N) is 1. The van der Waals surface area contributed by atoms with Crippen LogP contribution >= 0.6 is 0 Å². The first-order chi connectivity index (χ1) is 6.57. The smallest absolute Gasteiger partial charge is 0.340 e. The maximum absolute atomic E-state index is 11.4. The summed E-state index contributed by atoms with van der Waals surface area (Å²) >= 11 is 0. The fourth-order valence-corrected chi connectivity index (χ4v) is 1.34. The molecule has 4 nitrogen and oxygen atoms in total. The van der Waals surface area contributed by atoms with E-state index in [2.05, 4.69) is 4.74 Å². The van der Waals surface area contributed by atoms with Gasteiger partial charge in [-0.1, -0.05) is 6.07 Å². The van der Waals surface area contributed by atoms with Gasteiger partial charge in [-0.3, -0.25) is 0 Å². The quantitative estimate of drug-likeness (QED) is 0.566. The molecule has 0 bridgehead atoms. The second-order valence-corrected chi connectivity index (χ2v) is 3.13. The van der Waals surface area contributed by atoms with Crippen molar-refractivity contribution in [2.24, 2.45) is 0 Å². The number of anilines is 2. The molecule has 1 aromatic rings. The van der Waals surface area contributed by atoms with E-state index >= 15 is 0 Å². The molecule has 0 aliphatic heterocycles. The highest BCUT2D eigenvalue weighted by molar-refractivity contribution is 5.98. The Morgan fingerprint density at radius 3 is 2.57 bits per heavy atom. The van der Waals surface area contributed by atoms with Crippen molar-refractivity contribution in [2.75, 3.05) is 31.8 Å². The van der Waals surface area contributed by atoms with E-state index in [4.69, 9.17) is 5.73 Å². The number of ether oxygens (including phenoxy) is 1. The fourth-order valence-electron chi connectivity index (χ4n) is 1.34. The Hall–Kier alpha value is -1.71. The van der Waals surface area contributed by atoms with E-state index in [-0.39, 0.29) is 5.97 Å². The molecule has 0 aliphatic rings. The Labute approximate surface area is 83.3 Å². The van der Waals surface area contributed by atoms with Crippen molar-refractivity contribution >= 4 is 17.3 Å². The number of benzene rings is 1. The van der Waals surface area contributed by atoms with Crippen molar-refractivity contribution in [3.8, 4) is 0 Å². The van der Waals surface area contributed by atoms with Crippen LogP contribution in [-0.2, 0) is 4.74 Å². The SMILES string of the molecule is COC(=O)c1cccc(N)c1N(C)C. The van der Waals surface area contributed by atoms with Crippen molar-refractivity contribution in [1.29, 1.82) is 0 Å². The molecule has 0 radical (unpaired) electrons. The van der Waals surface area contributed by atoms with Gasteiger partial charge in [-0.2, -0.15) is 0 Å². The Kier molecular flexibility index (Phi) is 2.96. The first kappa shape index (κ1) is 10.4. The summed E-state index contributed by atoms with van der Waals surface area (Å²) in [5, 5.41) is 0. The van der Waals surface area contributed by atoms with E-state index in [1.54, 1.807) is 23.1 Å². The van der Waals surface area contributed by atoms with Crippen LogP contribution in [0.3, 0.4) is 0 Å². The number of hydrogen-bond acceptors (Lipinski definition) is 4. The first-order valence-corrected chi connectivity index (χ1v) is 4.22. The molecular weight excluding hydrogens is 180 g/mol. The van der Waals surface area contributed by atoms with E-state index in [1.165, 1.54) is 7.11 Å². The summed E-state index contributed by atoms with van der Waals surface area (Å²) in [4.78, 5) is 13.2. The Morgan fingerprint density at radius 2 is 2.07 bits per heavy atom. The van der Waals surface area contributed by atoms with Gasteiger partial charge in [0.1, 0.15) is 0 Å². The molecule has 0 spiro atoms. The van der Waals surface area contributed by atoms with E-state index in [9.17, 15) is 4.79 Å². The topological polar surface area (TPSA) is 55.6 Å². The van der Waals surface area contributed by atoms with Gasteiger partial charge in [0.15, 0.2) is 0 Å². The summed E-state index contributed by atoms with van der Waals surface area (Å²) in [5.74, 6) is -0.374. The molecule has 0 fully saturated rings. The molecule has 0 saturated heterocycles. The molecule has 0 unspecified atom stereocenters. The minimum Gasteiger partial charge on any atom is -0.465 e. The maximum atomic E-state index is 11.4. The molecule has 76 valence electrons. The zero-order valence-corrected chi connectivity index (χ0v) is 8.57. The molecule has 0 saturated carbocycles. The number of nitrogens with two attached hydrogens (primary N) is 1. The summed E-state index contributed by atoms with van der Waals surface area (Å²) in [6, 6.07) is 5.17. The molecule has 0 aliphatic carbocycles. The van der Waals surface area contributed by atoms with Crippen LogP contribution in [0.1, 0.15) is 10.4 Å². The van der Waals surface area contributed by atoms with Gasteiger partial charge < -0.3 is 15.4 Å². The van der Waals surface area contributed by atoms with Gasteiger partial charge >= 0.3 is 5.97 Å². The standard InChI is InChI=1S/C10H14N2O2/c1-12(2)9-7(10(13)14-3)5-4-6-8(9)11/h4-6H,11H2,1-3H3. The normalized spacial score (nSPS) is 9.64. The van der Waals surface area contributed by atoms with Crippen LogP contribution in [-0.4, -0.2) is 27.2 Å². The predicted octanol–water partition coefficient (Wildman–Crippen LogP) is 1.12. The molecule has 0 amide bonds. The number of nitrogen functional groups attached to an aromatic ring is 1. The van der Waals surface area contributed by atoms with Crippen LogP contribution in [0, 0.1) is 0 Å². The number of rotatable bonds is 2. The average molecular weight is 194 g/mol. The number of carbonyl (C=O) groups is 1. The van der Waals surface area contributed by atoms with Crippen molar-refractivity contribution in [3.63, 3.8) is 0 Å². The van der Waals surface area contributed by atoms with Crippen molar-refractivity contribution in [1.82, 2.24) is 0 Å². The van der Waals surface area contributed by atoms with Gasteiger partial charge in [-0.25, -0.2) is 4.79 Å². The van der Waals surface area contributed by atoms with Crippen LogP contribution in [0.2, 0.25) is 0 Å². The van der Waals surface area contributed by atoms with Gasteiger partial charge in [0.05, 0.1) is 24.0 Å². The van der Waals surface area contributed by atoms with Crippen LogP contribution in [0.5, 0.6) is 0 Å². The second kappa shape index (κ2) is 4.00. The number of carbonyl (C=O) groups excluding carboxylic acids is 1. The molecule has 0 aromatic heterocycles. The van der Waals surface area contributed by atoms with Gasteiger partial charge in [0.2, 0.25) is 0 Å². The van der Waals surface area contributed by atoms with E-state index in [0.29, 0.717) is 16.9 Å². The van der Waals surface area contributed by atoms with Gasteiger partial charge in [-0.15, -0.1) is 0 Å². The molecular formula is C10H14N2O2. The van der Waals surface area contributed by atoms with Crippen molar-refractivity contribution in [3.05, 3.63) is 23.8 Å². The van der Waals surface area contributed by atoms with Crippen LogP contribution < -0.4 is 10.6 Å². The summed E-state index contributed by atoms with van der Waals surface area (Å²) in [7, 11) is 5.02. The van der Waals surface area contributed by atoms with E-state index in [0.717, 1.165) is 0 Å². The van der Waals surface area contributed by atoms with Crippen LogP contribution in [0.15, 0.2) is 18.2 Å². The van der Waals surface area contributed by atoms with Crippen LogP contribution in [0.25, 0.3) is 0 Å². The Balaban J connectivity index is 3.28. The second-order valence-electron chi connectivity index (χ2n) is 3.13. The van der Waals surface area contributed by atoms with Gasteiger partial charge in [0.25, 0.3) is 0 Å². The molecule has 1 rings (SSSR count). The molecule has 0 heterocycles. The third-order valence-corrected chi connectivity index (χ3v) is 1.92. The number of para-hydroxylation sites is 1. The van der Waals surface area contributed by atoms with Gasteiger partial charge in [-0.05, 0) is 12.1 Å². The summed E-state index contributed by atoms with van der Waals surface area (Å²) in [5.41, 5.74) is 7.51. The molecule has 2 N–H and O–H groups in total. The fraction of sp³-hybridized carbons (Fsp3) is 0.300. The number of esters is 1. The Morgan fingerprint density at radius 1 is 1.43 bits per heavy atom. The minimum absolute atomic E-state index is 0.374. The van der Waals surface area contributed by atoms with E-state index in [1.807, 2.05) is 14.1 Å². The van der Waals surface area contributed by atoms with Gasteiger partial charge in [0, 0.05) is 14.1 Å². The minimum atomic E-state index is -0.374. The highest BCUT2D eigenvalue weighted by Crippen LogP contribution is 2.26. The average Bonchev–Trinajstić information content (AvgIpc) is 2.15. The monoisotopic (exact) mass is 194 g/mol. The highest BCUT2D eigenvalue weighted by Gasteiger charge is 2.14. The molecule has 1 aromatic carbocycles. The summed E-state index contributed by atoms with van der Waals surface area (Å²) in [6.07, 6.45) is 0. The lowest BCUT2D eigenvalue weighted by molar-refractivity contribution is 0.0601. The van der Waals surface area contributed by atoms with Crippen molar-refractivity contribution in [2.45, 2.75) is 0 Å². The zero-order valence-electron chi connectivity index (χ0n) is 8.57. The van der Waals surface area contributed by atoms with Crippen LogP contribution in [0.4, 0.5) is 11.4 Å². The maximum Gasteiger partial charge on any atom is 0.340 e. The molecule has 4 heteroatoms. The predicted molar refractivity (Wildman–Crippen MR) is 56.5 cm³/mol. The largest absolute Gasteiger partial charge is 0.465 e. The lowest BCUT2D eigenvalue weighted by Gasteiger charge is -2.18. The van der Waals surface area contributed by atoms with Crippen molar-refractivity contribution < 1.29 is 9.53 Å². The number of methoxy groups -OCH3 is 1. The highest BCUT2D eigenvalue weighted by atomic mass is 16.5. The Bertz CT molecular complexity index is 348. The number of hydrogen-bond donors (Lipinski definition) is 1.